The molecule has 5 nitrogen and oxygen atoms in total. The second-order valence-electron chi connectivity index (χ2n) is 7.35. The normalized spacial score (nSPS) is 14.8. The van der Waals surface area contributed by atoms with Gasteiger partial charge in [-0.25, -0.2) is 0 Å². The maximum absolute atomic E-state index is 12.3. The summed E-state index contributed by atoms with van der Waals surface area (Å²) < 4.78 is 5.60. The SMILES string of the molecule is Cc1c(Cl)c(C)c(Cl)c(OCC(=O)Nc2ccc(N3CC[NH+](C)CC3)cc2)c1Cl. The molecule has 156 valence electrons. The molecule has 1 aliphatic heterocycles. The number of hydrogen-bond donors (Lipinski definition) is 2. The Hall–Kier alpha value is -1.66. The number of nitrogens with zero attached hydrogens (tertiary/aromatic N) is 1. The summed E-state index contributed by atoms with van der Waals surface area (Å²) in [5.74, 6) is -0.0197. The van der Waals surface area contributed by atoms with E-state index in [1.54, 1.807) is 18.7 Å². The average molecular weight is 458 g/mol. The number of rotatable bonds is 5. The van der Waals surface area contributed by atoms with Gasteiger partial charge in [0, 0.05) is 16.4 Å². The number of quaternary nitrogens is 1. The molecule has 1 heterocycles. The summed E-state index contributed by atoms with van der Waals surface area (Å²) in [4.78, 5) is 16.2. The smallest absolute Gasteiger partial charge is 0.262 e. The third kappa shape index (κ3) is 5.10. The van der Waals surface area contributed by atoms with Crippen LogP contribution < -0.4 is 19.9 Å². The van der Waals surface area contributed by atoms with Crippen molar-refractivity contribution in [3.63, 3.8) is 0 Å². The molecule has 1 fully saturated rings. The minimum absolute atomic E-state index is 0.205. The Kier molecular flexibility index (Phi) is 7.17. The first kappa shape index (κ1) is 22.0. The van der Waals surface area contributed by atoms with Crippen LogP contribution >= 0.6 is 34.8 Å². The fraction of sp³-hybridized carbons (Fsp3) is 0.381. The first-order valence-corrected chi connectivity index (χ1v) is 10.6. The lowest BCUT2D eigenvalue weighted by molar-refractivity contribution is -0.880. The number of carbonyl (C=O) groups excluding carboxylic acids is 1. The Morgan fingerprint density at radius 2 is 1.59 bits per heavy atom. The second-order valence-corrected chi connectivity index (χ2v) is 8.48. The molecule has 3 rings (SSSR count). The van der Waals surface area contributed by atoms with Gasteiger partial charge in [0.05, 0.1) is 43.3 Å². The van der Waals surface area contributed by atoms with E-state index in [9.17, 15) is 4.79 Å². The molecule has 0 unspecified atom stereocenters. The van der Waals surface area contributed by atoms with Gasteiger partial charge in [0.25, 0.3) is 5.91 Å². The van der Waals surface area contributed by atoms with E-state index >= 15 is 0 Å². The van der Waals surface area contributed by atoms with E-state index in [0.29, 0.717) is 31.9 Å². The van der Waals surface area contributed by atoms with Gasteiger partial charge in [-0.1, -0.05) is 34.8 Å². The standard InChI is InChI=1S/C21H24Cl3N3O2/c1-13-18(22)14(2)20(24)21(19(13)23)29-12-17(28)25-15-4-6-16(7-5-15)27-10-8-26(3)9-11-27/h4-7H,8-12H2,1-3H3,(H,25,28)/p+1. The topological polar surface area (TPSA) is 46.0 Å². The van der Waals surface area contributed by atoms with Crippen molar-refractivity contribution < 1.29 is 14.4 Å². The number of hydrogen-bond acceptors (Lipinski definition) is 3. The van der Waals surface area contributed by atoms with Crippen molar-refractivity contribution in [3.05, 3.63) is 50.5 Å². The van der Waals surface area contributed by atoms with Crippen LogP contribution in [0.4, 0.5) is 11.4 Å². The van der Waals surface area contributed by atoms with Crippen molar-refractivity contribution in [3.8, 4) is 5.75 Å². The van der Waals surface area contributed by atoms with Crippen LogP contribution in [0.2, 0.25) is 15.1 Å². The maximum Gasteiger partial charge on any atom is 0.262 e. The lowest BCUT2D eigenvalue weighted by atomic mass is 10.1. The number of carbonyl (C=O) groups is 1. The van der Waals surface area contributed by atoms with Gasteiger partial charge in [-0.2, -0.15) is 0 Å². The molecule has 1 aliphatic rings. The molecule has 2 N–H and O–H groups in total. The summed E-state index contributed by atoms with van der Waals surface area (Å²) in [6.07, 6.45) is 0. The molecule has 2 aromatic rings. The van der Waals surface area contributed by atoms with Crippen molar-refractivity contribution in [2.75, 3.05) is 50.1 Å². The first-order chi connectivity index (χ1) is 13.8. The fourth-order valence-corrected chi connectivity index (χ4v) is 4.10. The number of ether oxygens (including phenoxy) is 1. The highest BCUT2D eigenvalue weighted by Gasteiger charge is 2.19. The number of piperazine rings is 1. The lowest BCUT2D eigenvalue weighted by Gasteiger charge is -2.31. The monoisotopic (exact) mass is 456 g/mol. The van der Waals surface area contributed by atoms with Crippen molar-refractivity contribution in [1.82, 2.24) is 0 Å². The molecular formula is C21H25Cl3N3O2+. The van der Waals surface area contributed by atoms with Crippen LogP contribution in [0, 0.1) is 13.8 Å². The van der Waals surface area contributed by atoms with E-state index in [2.05, 4.69) is 17.3 Å². The highest BCUT2D eigenvalue weighted by atomic mass is 35.5. The molecular weight excluding hydrogens is 433 g/mol. The van der Waals surface area contributed by atoms with Crippen molar-refractivity contribution in [2.24, 2.45) is 0 Å². The fourth-order valence-electron chi connectivity index (χ4n) is 3.27. The Morgan fingerprint density at radius 1 is 1.03 bits per heavy atom. The molecule has 8 heteroatoms. The zero-order valence-electron chi connectivity index (χ0n) is 16.7. The van der Waals surface area contributed by atoms with Crippen LogP contribution in [0.3, 0.4) is 0 Å². The molecule has 0 bridgehead atoms. The zero-order chi connectivity index (χ0) is 21.1. The van der Waals surface area contributed by atoms with E-state index in [1.165, 1.54) is 0 Å². The van der Waals surface area contributed by atoms with Gasteiger partial charge in [0.1, 0.15) is 0 Å². The first-order valence-electron chi connectivity index (χ1n) is 9.50. The zero-order valence-corrected chi connectivity index (χ0v) is 19.0. The van der Waals surface area contributed by atoms with Gasteiger partial charge in [-0.15, -0.1) is 0 Å². The third-order valence-electron chi connectivity index (χ3n) is 5.20. The molecule has 0 aromatic heterocycles. The van der Waals surface area contributed by atoms with Crippen LogP contribution in [0.1, 0.15) is 11.1 Å². The van der Waals surface area contributed by atoms with Crippen molar-refractivity contribution >= 4 is 52.1 Å². The summed E-state index contributed by atoms with van der Waals surface area (Å²) in [7, 11) is 2.21. The number of likely N-dealkylation sites (N-methyl/N-ethyl adjacent to an activating group) is 1. The Labute approximate surface area is 186 Å². The minimum atomic E-state index is -0.293. The molecule has 0 radical (unpaired) electrons. The quantitative estimate of drug-likeness (QED) is 0.721. The lowest BCUT2D eigenvalue weighted by Crippen LogP contribution is -3.12. The molecule has 1 amide bonds. The Bertz CT molecular complexity index is 866. The van der Waals surface area contributed by atoms with Crippen LogP contribution in [0.25, 0.3) is 0 Å². The van der Waals surface area contributed by atoms with E-state index < -0.39 is 0 Å². The Morgan fingerprint density at radius 3 is 2.14 bits per heavy atom. The van der Waals surface area contributed by atoms with E-state index in [-0.39, 0.29) is 18.3 Å². The largest absolute Gasteiger partial charge is 0.481 e. The van der Waals surface area contributed by atoms with Crippen LogP contribution in [-0.2, 0) is 4.79 Å². The van der Waals surface area contributed by atoms with E-state index in [0.717, 1.165) is 31.9 Å². The molecule has 0 atom stereocenters. The number of nitrogens with one attached hydrogen (secondary N) is 2. The van der Waals surface area contributed by atoms with Gasteiger partial charge in [-0.05, 0) is 49.2 Å². The van der Waals surface area contributed by atoms with Crippen molar-refractivity contribution in [2.45, 2.75) is 13.8 Å². The third-order valence-corrected chi connectivity index (χ3v) is 6.67. The highest BCUT2D eigenvalue weighted by Crippen LogP contribution is 2.42. The predicted octanol–water partition coefficient (Wildman–Crippen LogP) is 3.62. The predicted molar refractivity (Wildman–Crippen MR) is 120 cm³/mol. The van der Waals surface area contributed by atoms with Crippen LogP contribution in [0.5, 0.6) is 5.75 Å². The van der Waals surface area contributed by atoms with Crippen LogP contribution in [-0.4, -0.2) is 45.7 Å². The summed E-state index contributed by atoms with van der Waals surface area (Å²) >= 11 is 18.8. The second kappa shape index (κ2) is 9.43. The molecule has 1 saturated heterocycles. The molecule has 0 saturated carbocycles. The average Bonchev–Trinajstić information content (AvgIpc) is 2.72. The maximum atomic E-state index is 12.3. The van der Waals surface area contributed by atoms with Gasteiger partial charge in [-0.3, -0.25) is 4.79 Å². The molecule has 0 spiro atoms. The minimum Gasteiger partial charge on any atom is -0.481 e. The van der Waals surface area contributed by atoms with Crippen LogP contribution in [0.15, 0.2) is 24.3 Å². The molecule has 2 aromatic carbocycles. The summed E-state index contributed by atoms with van der Waals surface area (Å²) in [5.41, 5.74) is 3.22. The number of anilines is 2. The highest BCUT2D eigenvalue weighted by molar-refractivity contribution is 6.42. The summed E-state index contributed by atoms with van der Waals surface area (Å²) in [6, 6.07) is 7.84. The molecule has 0 aliphatic carbocycles. The van der Waals surface area contributed by atoms with E-state index in [1.807, 2.05) is 24.3 Å². The summed E-state index contributed by atoms with van der Waals surface area (Å²) in [6.45, 7) is 7.69. The Balaban J connectivity index is 1.59. The number of amides is 1. The summed E-state index contributed by atoms with van der Waals surface area (Å²) in [5, 5.41) is 3.96. The van der Waals surface area contributed by atoms with Gasteiger partial charge < -0.3 is 19.9 Å². The number of benzene rings is 2. The number of halogens is 3. The van der Waals surface area contributed by atoms with Gasteiger partial charge >= 0.3 is 0 Å². The van der Waals surface area contributed by atoms with Gasteiger partial charge in [0.15, 0.2) is 12.4 Å². The molecule has 29 heavy (non-hydrogen) atoms. The van der Waals surface area contributed by atoms with Crippen molar-refractivity contribution in [1.29, 1.82) is 0 Å². The van der Waals surface area contributed by atoms with E-state index in [4.69, 9.17) is 39.5 Å². The van der Waals surface area contributed by atoms with Gasteiger partial charge in [0.2, 0.25) is 0 Å².